The Kier molecular flexibility index (Phi) is 5.58. The molecule has 32 heavy (non-hydrogen) atoms. The van der Waals surface area contributed by atoms with Crippen molar-refractivity contribution in [3.63, 3.8) is 0 Å². The van der Waals surface area contributed by atoms with Crippen molar-refractivity contribution in [2.45, 2.75) is 13.5 Å². The molecular formula is C22H21ClN6O3. The summed E-state index contributed by atoms with van der Waals surface area (Å²) < 4.78 is 4.02. The molecule has 0 bridgehead atoms. The normalized spacial score (nSPS) is 11.8. The number of anilines is 1. The molecule has 2 aromatic carbocycles. The topological polar surface area (TPSA) is 106 Å². The second-order valence-electron chi connectivity index (χ2n) is 7.35. The predicted octanol–water partition coefficient (Wildman–Crippen LogP) is 2.68. The number of aromatic nitrogens is 4. The minimum absolute atomic E-state index is 0.160. The van der Waals surface area contributed by atoms with E-state index in [1.54, 1.807) is 48.9 Å². The fraction of sp³-hybridized carbons (Fsp3) is 0.182. The number of aromatic hydroxyl groups is 1. The van der Waals surface area contributed by atoms with Crippen LogP contribution in [0.1, 0.15) is 18.1 Å². The molecule has 0 aliphatic rings. The Morgan fingerprint density at radius 2 is 1.78 bits per heavy atom. The van der Waals surface area contributed by atoms with Crippen molar-refractivity contribution in [1.82, 2.24) is 18.7 Å². The minimum atomic E-state index is -0.472. The van der Waals surface area contributed by atoms with E-state index in [1.807, 2.05) is 18.2 Å². The molecule has 0 saturated heterocycles. The number of halogens is 1. The molecule has 0 amide bonds. The minimum Gasteiger partial charge on any atom is -0.508 e. The molecule has 0 saturated carbocycles. The van der Waals surface area contributed by atoms with E-state index in [-0.39, 0.29) is 29.4 Å². The van der Waals surface area contributed by atoms with Crippen molar-refractivity contribution in [2.75, 3.05) is 5.43 Å². The van der Waals surface area contributed by atoms with Crippen LogP contribution in [0.5, 0.6) is 5.75 Å². The van der Waals surface area contributed by atoms with Crippen LogP contribution in [0.15, 0.2) is 63.2 Å². The Morgan fingerprint density at radius 1 is 1.09 bits per heavy atom. The number of nitrogens with one attached hydrogen (secondary N) is 1. The number of hydrogen-bond donors (Lipinski definition) is 2. The number of nitrogens with zero attached hydrogens (tertiary/aromatic N) is 5. The number of hydrogen-bond acceptors (Lipinski definition) is 6. The van der Waals surface area contributed by atoms with Gasteiger partial charge in [0, 0.05) is 19.1 Å². The summed E-state index contributed by atoms with van der Waals surface area (Å²) in [5, 5.41) is 14.4. The first-order valence-corrected chi connectivity index (χ1v) is 10.1. The van der Waals surface area contributed by atoms with Gasteiger partial charge in [0.25, 0.3) is 5.56 Å². The van der Waals surface area contributed by atoms with E-state index in [4.69, 9.17) is 11.6 Å². The highest BCUT2D eigenvalue weighted by molar-refractivity contribution is 6.31. The summed E-state index contributed by atoms with van der Waals surface area (Å²) in [4.78, 5) is 29.9. The van der Waals surface area contributed by atoms with Gasteiger partial charge in [-0.25, -0.2) is 10.2 Å². The number of phenolic OH excluding ortho intramolecular Hbond substituents is 1. The highest BCUT2D eigenvalue weighted by Crippen LogP contribution is 2.22. The molecule has 0 spiro atoms. The fourth-order valence-corrected chi connectivity index (χ4v) is 3.58. The summed E-state index contributed by atoms with van der Waals surface area (Å²) >= 11 is 6.35. The van der Waals surface area contributed by atoms with Crippen LogP contribution >= 0.6 is 11.6 Å². The molecule has 0 aliphatic heterocycles. The molecule has 0 fully saturated rings. The fourth-order valence-electron chi connectivity index (χ4n) is 3.38. The second-order valence-corrected chi connectivity index (χ2v) is 7.75. The van der Waals surface area contributed by atoms with Crippen LogP contribution in [0.4, 0.5) is 5.95 Å². The Bertz CT molecular complexity index is 1460. The first-order chi connectivity index (χ1) is 15.3. The monoisotopic (exact) mass is 452 g/mol. The summed E-state index contributed by atoms with van der Waals surface area (Å²) in [5.74, 6) is 0.448. The molecule has 2 aromatic heterocycles. The molecule has 10 heteroatoms. The van der Waals surface area contributed by atoms with Gasteiger partial charge in [0.05, 0.1) is 12.3 Å². The van der Waals surface area contributed by atoms with Crippen LogP contribution in [-0.4, -0.2) is 29.5 Å². The highest BCUT2D eigenvalue weighted by Gasteiger charge is 2.20. The first kappa shape index (κ1) is 21.4. The molecule has 4 aromatic rings. The molecule has 0 aliphatic carbocycles. The van der Waals surface area contributed by atoms with Gasteiger partial charge in [-0.3, -0.25) is 18.5 Å². The van der Waals surface area contributed by atoms with Gasteiger partial charge in [-0.05, 0) is 48.4 Å². The third kappa shape index (κ3) is 3.78. The first-order valence-electron chi connectivity index (χ1n) is 9.77. The van der Waals surface area contributed by atoms with Crippen LogP contribution in [0, 0.1) is 0 Å². The highest BCUT2D eigenvalue weighted by atomic mass is 35.5. The third-order valence-corrected chi connectivity index (χ3v) is 5.61. The van der Waals surface area contributed by atoms with Crippen molar-refractivity contribution in [3.05, 3.63) is 85.5 Å². The summed E-state index contributed by atoms with van der Waals surface area (Å²) in [5.41, 5.74) is 4.71. The lowest BCUT2D eigenvalue weighted by atomic mass is 10.1. The maximum Gasteiger partial charge on any atom is 0.332 e. The van der Waals surface area contributed by atoms with Gasteiger partial charge in [0.2, 0.25) is 5.95 Å². The molecule has 0 unspecified atom stereocenters. The zero-order chi connectivity index (χ0) is 23.0. The third-order valence-electron chi connectivity index (χ3n) is 5.24. The van der Waals surface area contributed by atoms with E-state index in [9.17, 15) is 14.7 Å². The average molecular weight is 453 g/mol. The zero-order valence-electron chi connectivity index (χ0n) is 17.7. The lowest BCUT2D eigenvalue weighted by molar-refractivity contribution is 0.475. The Labute approximate surface area is 187 Å². The number of fused-ring (bicyclic) bond motifs is 1. The van der Waals surface area contributed by atoms with Crippen LogP contribution in [-0.2, 0) is 20.6 Å². The van der Waals surface area contributed by atoms with Gasteiger partial charge < -0.3 is 5.11 Å². The second kappa shape index (κ2) is 8.35. The SMILES string of the molecule is C/C(=N/Nc1nc2c(c(=O)n(C)c(=O)n2C)n1Cc1ccccc1Cl)c1ccc(O)cc1. The van der Waals surface area contributed by atoms with Crippen LogP contribution in [0.25, 0.3) is 11.2 Å². The Hall–Kier alpha value is -3.85. The number of aryl methyl sites for hydroxylation is 1. The molecule has 4 rings (SSSR count). The van der Waals surface area contributed by atoms with Crippen molar-refractivity contribution in [3.8, 4) is 5.75 Å². The van der Waals surface area contributed by atoms with E-state index in [1.165, 1.54) is 11.6 Å². The van der Waals surface area contributed by atoms with Crippen LogP contribution in [0.2, 0.25) is 5.02 Å². The van der Waals surface area contributed by atoms with Crippen molar-refractivity contribution >= 4 is 34.4 Å². The van der Waals surface area contributed by atoms with E-state index >= 15 is 0 Å². The number of hydrazone groups is 1. The van der Waals surface area contributed by atoms with Crippen LogP contribution < -0.4 is 16.7 Å². The average Bonchev–Trinajstić information content (AvgIpc) is 3.15. The molecule has 0 radical (unpaired) electrons. The van der Waals surface area contributed by atoms with Gasteiger partial charge in [-0.15, -0.1) is 0 Å². The molecule has 9 nitrogen and oxygen atoms in total. The summed E-state index contributed by atoms with van der Waals surface area (Å²) in [6.07, 6.45) is 0. The Balaban J connectivity index is 1.86. The largest absolute Gasteiger partial charge is 0.508 e. The van der Waals surface area contributed by atoms with E-state index in [2.05, 4.69) is 15.5 Å². The lowest BCUT2D eigenvalue weighted by Gasteiger charge is -2.11. The van der Waals surface area contributed by atoms with E-state index < -0.39 is 11.2 Å². The molecular weight excluding hydrogens is 432 g/mol. The quantitative estimate of drug-likeness (QED) is 0.357. The van der Waals surface area contributed by atoms with Gasteiger partial charge in [-0.1, -0.05) is 29.8 Å². The van der Waals surface area contributed by atoms with Crippen molar-refractivity contribution in [1.29, 1.82) is 0 Å². The van der Waals surface area contributed by atoms with E-state index in [0.29, 0.717) is 10.7 Å². The summed E-state index contributed by atoms with van der Waals surface area (Å²) in [7, 11) is 2.99. The van der Waals surface area contributed by atoms with Crippen LogP contribution in [0.3, 0.4) is 0 Å². The Morgan fingerprint density at radius 3 is 2.47 bits per heavy atom. The zero-order valence-corrected chi connectivity index (χ0v) is 18.5. The number of benzene rings is 2. The van der Waals surface area contributed by atoms with Gasteiger partial charge in [-0.2, -0.15) is 10.1 Å². The predicted molar refractivity (Wildman–Crippen MR) is 125 cm³/mol. The van der Waals surface area contributed by atoms with Gasteiger partial charge >= 0.3 is 5.69 Å². The van der Waals surface area contributed by atoms with Gasteiger partial charge in [0.1, 0.15) is 5.75 Å². The van der Waals surface area contributed by atoms with E-state index in [0.717, 1.165) is 15.7 Å². The molecule has 2 heterocycles. The molecule has 2 N–H and O–H groups in total. The lowest BCUT2D eigenvalue weighted by Crippen LogP contribution is -2.37. The maximum atomic E-state index is 13.0. The number of phenols is 1. The molecule has 0 atom stereocenters. The number of imidazole rings is 1. The summed E-state index contributed by atoms with van der Waals surface area (Å²) in [6, 6.07) is 13.9. The summed E-state index contributed by atoms with van der Waals surface area (Å²) in [6.45, 7) is 2.05. The van der Waals surface area contributed by atoms with Crippen molar-refractivity contribution < 1.29 is 5.11 Å². The maximum absolute atomic E-state index is 13.0. The smallest absolute Gasteiger partial charge is 0.332 e. The standard InChI is InChI=1S/C22H21ClN6O3/c1-13(14-8-10-16(30)11-9-14)25-26-21-24-19-18(20(31)28(3)22(32)27(19)2)29(21)12-15-6-4-5-7-17(15)23/h4-11,30H,12H2,1-3H3,(H,24,26)/b25-13-. The molecule has 164 valence electrons. The van der Waals surface area contributed by atoms with Gasteiger partial charge in [0.15, 0.2) is 11.2 Å². The van der Waals surface area contributed by atoms with Crippen molar-refractivity contribution in [2.24, 2.45) is 19.2 Å². The number of rotatable bonds is 5.